The van der Waals surface area contributed by atoms with Crippen LogP contribution in [-0.4, -0.2) is 24.0 Å². The van der Waals surface area contributed by atoms with E-state index in [1.165, 1.54) is 7.11 Å². The van der Waals surface area contributed by atoms with Crippen LogP contribution in [0, 0.1) is 11.3 Å². The number of methoxy groups -OCH3 is 1. The summed E-state index contributed by atoms with van der Waals surface area (Å²) in [5, 5.41) is 3.99. The largest absolute Gasteiger partial charge is 0.468 e. The Bertz CT molecular complexity index is 516. The van der Waals surface area contributed by atoms with Gasteiger partial charge in [-0.15, -0.1) is 0 Å². The van der Waals surface area contributed by atoms with E-state index in [2.05, 4.69) is 5.16 Å². The number of Topliss-reactive ketones (excluding diaryl/α,β-unsaturated/α-hetero) is 1. The molecule has 1 unspecified atom stereocenters. The Morgan fingerprint density at radius 1 is 1.53 bits per heavy atom. The summed E-state index contributed by atoms with van der Waals surface area (Å²) in [6.45, 7) is 5.76. The highest BCUT2D eigenvalue weighted by Crippen LogP contribution is 2.41. The van der Waals surface area contributed by atoms with Gasteiger partial charge in [-0.3, -0.25) is 9.59 Å². The van der Waals surface area contributed by atoms with Crippen molar-refractivity contribution in [2.45, 2.75) is 40.0 Å². The van der Waals surface area contributed by atoms with Crippen LogP contribution in [0.1, 0.15) is 49.0 Å². The Hall–Kier alpha value is -1.65. The molecule has 0 saturated heterocycles. The number of aromatic nitrogens is 1. The van der Waals surface area contributed by atoms with Crippen molar-refractivity contribution in [3.63, 3.8) is 0 Å². The molecule has 5 heteroatoms. The molecule has 0 amide bonds. The maximum Gasteiger partial charge on any atom is 0.317 e. The molecule has 1 atom stereocenters. The van der Waals surface area contributed by atoms with E-state index in [-0.39, 0.29) is 5.78 Å². The van der Waals surface area contributed by atoms with E-state index in [0.29, 0.717) is 29.9 Å². The molecule has 1 aromatic heterocycles. The fourth-order valence-corrected chi connectivity index (χ4v) is 2.74. The van der Waals surface area contributed by atoms with Crippen LogP contribution in [0.15, 0.2) is 4.52 Å². The zero-order valence-electron chi connectivity index (χ0n) is 11.8. The van der Waals surface area contributed by atoms with Gasteiger partial charge in [0, 0.05) is 12.8 Å². The minimum Gasteiger partial charge on any atom is -0.468 e. The van der Waals surface area contributed by atoms with Gasteiger partial charge in [-0.2, -0.15) is 0 Å². The summed E-state index contributed by atoms with van der Waals surface area (Å²) in [5.41, 5.74) is 0.660. The molecule has 0 saturated carbocycles. The third-order valence-corrected chi connectivity index (χ3v) is 3.66. The van der Waals surface area contributed by atoms with E-state index in [1.54, 1.807) is 0 Å². The van der Waals surface area contributed by atoms with Crippen molar-refractivity contribution in [2.75, 3.05) is 7.11 Å². The lowest BCUT2D eigenvalue weighted by molar-refractivity contribution is -0.147. The number of hydrogen-bond donors (Lipinski definition) is 0. The van der Waals surface area contributed by atoms with Crippen LogP contribution in [-0.2, 0) is 22.4 Å². The Morgan fingerprint density at radius 2 is 2.21 bits per heavy atom. The Kier molecular flexibility index (Phi) is 3.47. The van der Waals surface area contributed by atoms with Crippen LogP contribution in [0.2, 0.25) is 0 Å². The van der Waals surface area contributed by atoms with Crippen LogP contribution in [0.4, 0.5) is 0 Å². The first-order chi connectivity index (χ1) is 8.92. The molecule has 0 radical (unpaired) electrons. The zero-order valence-corrected chi connectivity index (χ0v) is 11.8. The first-order valence-electron chi connectivity index (χ1n) is 6.51. The van der Waals surface area contributed by atoms with Crippen molar-refractivity contribution in [2.24, 2.45) is 11.3 Å². The fraction of sp³-hybridized carbons (Fsp3) is 0.643. The number of esters is 1. The molecule has 0 aromatic carbocycles. The summed E-state index contributed by atoms with van der Waals surface area (Å²) in [6.07, 6.45) is 2.06. The summed E-state index contributed by atoms with van der Waals surface area (Å²) in [6, 6.07) is 0. The molecule has 1 heterocycles. The molecule has 0 aliphatic heterocycles. The van der Waals surface area contributed by atoms with Crippen LogP contribution in [0.25, 0.3) is 0 Å². The minimum absolute atomic E-state index is 0.220. The molecular formula is C14H19NO4. The second kappa shape index (κ2) is 4.79. The molecule has 19 heavy (non-hydrogen) atoms. The minimum atomic E-state index is -0.778. The number of carbonyl (C=O) groups is 2. The number of ketones is 1. The summed E-state index contributed by atoms with van der Waals surface area (Å²) in [7, 11) is 1.31. The standard InChI is InChI=1S/C14H19NO4/c1-5-6-9-10-8(15-19-9)7-14(2,3)11(12(10)16)13(17)18-4/h11H,5-7H2,1-4H3. The highest BCUT2D eigenvalue weighted by molar-refractivity contribution is 6.11. The van der Waals surface area contributed by atoms with Gasteiger partial charge in [0.15, 0.2) is 5.78 Å². The van der Waals surface area contributed by atoms with Gasteiger partial charge < -0.3 is 9.26 Å². The van der Waals surface area contributed by atoms with Crippen molar-refractivity contribution < 1.29 is 18.8 Å². The van der Waals surface area contributed by atoms with Gasteiger partial charge in [0.2, 0.25) is 0 Å². The lowest BCUT2D eigenvalue weighted by Gasteiger charge is -2.34. The quantitative estimate of drug-likeness (QED) is 0.619. The van der Waals surface area contributed by atoms with Crippen molar-refractivity contribution in [3.8, 4) is 0 Å². The second-order valence-electron chi connectivity index (χ2n) is 5.66. The molecule has 104 valence electrons. The summed E-state index contributed by atoms with van der Waals surface area (Å²) >= 11 is 0. The van der Waals surface area contributed by atoms with E-state index in [4.69, 9.17) is 9.26 Å². The number of rotatable bonds is 3. The fourth-order valence-electron chi connectivity index (χ4n) is 2.74. The van der Waals surface area contributed by atoms with Crippen LogP contribution < -0.4 is 0 Å². The van der Waals surface area contributed by atoms with Gasteiger partial charge in [0.05, 0.1) is 18.4 Å². The van der Waals surface area contributed by atoms with Gasteiger partial charge in [-0.1, -0.05) is 25.9 Å². The average Bonchev–Trinajstić information content (AvgIpc) is 2.71. The maximum absolute atomic E-state index is 12.6. The van der Waals surface area contributed by atoms with E-state index in [0.717, 1.165) is 6.42 Å². The van der Waals surface area contributed by atoms with Crippen LogP contribution in [0.5, 0.6) is 0 Å². The molecular weight excluding hydrogens is 246 g/mol. The van der Waals surface area contributed by atoms with Gasteiger partial charge in [0.25, 0.3) is 0 Å². The summed E-state index contributed by atoms with van der Waals surface area (Å²) in [4.78, 5) is 24.5. The summed E-state index contributed by atoms with van der Waals surface area (Å²) < 4.78 is 10.0. The maximum atomic E-state index is 12.6. The van der Waals surface area contributed by atoms with Gasteiger partial charge in [-0.05, 0) is 11.8 Å². The number of fused-ring (bicyclic) bond motifs is 1. The Balaban J connectivity index is 2.48. The molecule has 2 rings (SSSR count). The second-order valence-corrected chi connectivity index (χ2v) is 5.66. The van der Waals surface area contributed by atoms with Crippen molar-refractivity contribution in [1.29, 1.82) is 0 Å². The first kappa shape index (κ1) is 13.8. The molecule has 0 N–H and O–H groups in total. The van der Waals surface area contributed by atoms with Crippen LogP contribution in [0.3, 0.4) is 0 Å². The topological polar surface area (TPSA) is 69.4 Å². The Labute approximate surface area is 112 Å². The highest BCUT2D eigenvalue weighted by Gasteiger charge is 2.49. The van der Waals surface area contributed by atoms with E-state index < -0.39 is 17.3 Å². The monoisotopic (exact) mass is 265 g/mol. The van der Waals surface area contributed by atoms with Crippen molar-refractivity contribution in [1.82, 2.24) is 5.16 Å². The third kappa shape index (κ3) is 2.17. The zero-order chi connectivity index (χ0) is 14.2. The van der Waals surface area contributed by atoms with E-state index >= 15 is 0 Å². The highest BCUT2D eigenvalue weighted by atomic mass is 16.5. The Morgan fingerprint density at radius 3 is 2.79 bits per heavy atom. The number of aryl methyl sites for hydroxylation is 1. The molecule has 0 fully saturated rings. The molecule has 1 aliphatic carbocycles. The number of hydrogen-bond acceptors (Lipinski definition) is 5. The van der Waals surface area contributed by atoms with Crippen LogP contribution >= 0.6 is 0 Å². The normalized spacial score (nSPS) is 21.1. The molecule has 5 nitrogen and oxygen atoms in total. The van der Waals surface area contributed by atoms with E-state index in [1.807, 2.05) is 20.8 Å². The van der Waals surface area contributed by atoms with E-state index in [9.17, 15) is 9.59 Å². The first-order valence-corrected chi connectivity index (χ1v) is 6.51. The molecule has 1 aliphatic rings. The van der Waals surface area contributed by atoms with Gasteiger partial charge in [0.1, 0.15) is 11.7 Å². The predicted molar refractivity (Wildman–Crippen MR) is 67.8 cm³/mol. The smallest absolute Gasteiger partial charge is 0.317 e. The molecule has 0 spiro atoms. The predicted octanol–water partition coefficient (Wildman–Crippen LogP) is 2.18. The number of carbonyl (C=O) groups excluding carboxylic acids is 2. The van der Waals surface area contributed by atoms with Gasteiger partial charge in [-0.25, -0.2) is 0 Å². The molecule has 0 bridgehead atoms. The SMILES string of the molecule is CCCc1onc2c1C(=O)C(C(=O)OC)C(C)(C)C2. The number of ether oxygens (including phenoxy) is 1. The lowest BCUT2D eigenvalue weighted by Crippen LogP contribution is -2.43. The lowest BCUT2D eigenvalue weighted by atomic mass is 9.67. The average molecular weight is 265 g/mol. The van der Waals surface area contributed by atoms with Gasteiger partial charge >= 0.3 is 5.97 Å². The third-order valence-electron chi connectivity index (χ3n) is 3.66. The van der Waals surface area contributed by atoms with Crippen molar-refractivity contribution in [3.05, 3.63) is 17.0 Å². The summed E-state index contributed by atoms with van der Waals surface area (Å²) in [5.74, 6) is -0.890. The van der Waals surface area contributed by atoms with Crippen molar-refractivity contribution >= 4 is 11.8 Å². The number of nitrogens with zero attached hydrogens (tertiary/aromatic N) is 1. The molecule has 1 aromatic rings.